The summed E-state index contributed by atoms with van der Waals surface area (Å²) in [4.78, 5) is 0. The van der Waals surface area contributed by atoms with Crippen molar-refractivity contribution >= 4 is 53.0 Å². The molecule has 2 rings (SSSR count). The van der Waals surface area contributed by atoms with Crippen molar-refractivity contribution in [1.29, 1.82) is 0 Å². The molecule has 0 aromatic heterocycles. The van der Waals surface area contributed by atoms with E-state index in [4.69, 9.17) is 0 Å². The van der Waals surface area contributed by atoms with Crippen molar-refractivity contribution in [3.05, 3.63) is 53.9 Å². The van der Waals surface area contributed by atoms with E-state index in [-0.39, 0.29) is 18.9 Å². The van der Waals surface area contributed by atoms with Gasteiger partial charge in [0.25, 0.3) is 0 Å². The Morgan fingerprint density at radius 3 is 1.00 bits per heavy atom. The van der Waals surface area contributed by atoms with Crippen LogP contribution in [0.25, 0.3) is 0 Å². The maximum Gasteiger partial charge on any atom is 1.00 e. The smallest absolute Gasteiger partial charge is 0.126 e. The fourth-order valence-corrected chi connectivity index (χ4v) is 15.8. The molecule has 0 fully saturated rings. The maximum absolute atomic E-state index is 2.55. The molecule has 0 N–H and O–H groups in total. The molecule has 160 valence electrons. The summed E-state index contributed by atoms with van der Waals surface area (Å²) in [5, 5.41) is 6.72. The predicted octanol–water partition coefficient (Wildman–Crippen LogP) is 2.47. The van der Waals surface area contributed by atoms with Gasteiger partial charge in [0.05, 0.1) is 16.1 Å². The van der Waals surface area contributed by atoms with Crippen LogP contribution < -0.4 is 39.6 Å². The second-order valence-electron chi connectivity index (χ2n) is 12.7. The molecular formula is C25H43LiSi4. The molecule has 0 saturated carbocycles. The van der Waals surface area contributed by atoms with E-state index in [1.165, 1.54) is 11.1 Å². The number of rotatable bonds is 6. The van der Waals surface area contributed by atoms with Gasteiger partial charge in [0.1, 0.15) is 0 Å². The Balaban J connectivity index is 0.00000450. The Hall–Kier alpha value is -0.225. The van der Waals surface area contributed by atoms with Crippen LogP contribution in [0.2, 0.25) is 78.6 Å². The third-order valence-corrected chi connectivity index (χ3v) is 14.3. The van der Waals surface area contributed by atoms with Crippen LogP contribution in [0, 0.1) is 6.42 Å². The van der Waals surface area contributed by atoms with Gasteiger partial charge in [-0.05, 0) is 0 Å². The van der Waals surface area contributed by atoms with Crippen LogP contribution >= 0.6 is 0 Å². The first-order valence-corrected chi connectivity index (χ1v) is 25.1. The minimum Gasteiger partial charge on any atom is -0.126 e. The third kappa shape index (κ3) is 6.40. The normalized spacial score (nSPS) is 13.1. The van der Waals surface area contributed by atoms with Crippen LogP contribution in [0.5, 0.6) is 0 Å². The topological polar surface area (TPSA) is 0 Å². The van der Waals surface area contributed by atoms with E-state index < -0.39 is 32.3 Å². The van der Waals surface area contributed by atoms with Gasteiger partial charge in [0.15, 0.2) is 0 Å². The molecule has 30 heavy (non-hydrogen) atoms. The van der Waals surface area contributed by atoms with E-state index in [0.717, 1.165) is 0 Å². The zero-order valence-corrected chi connectivity index (χ0v) is 26.0. The molecule has 0 radical (unpaired) electrons. The van der Waals surface area contributed by atoms with Gasteiger partial charge < -0.3 is 0 Å². The Bertz CT molecular complexity index is 802. The molecule has 2 aromatic rings. The van der Waals surface area contributed by atoms with E-state index in [2.05, 4.69) is 121 Å². The summed E-state index contributed by atoms with van der Waals surface area (Å²) in [6.07, 6.45) is 2.55. The summed E-state index contributed by atoms with van der Waals surface area (Å²) in [5.41, 5.74) is 2.97. The molecule has 2 aromatic carbocycles. The van der Waals surface area contributed by atoms with Crippen molar-refractivity contribution in [1.82, 2.24) is 0 Å². The van der Waals surface area contributed by atoms with Crippen LogP contribution in [0.4, 0.5) is 0 Å². The van der Waals surface area contributed by atoms with E-state index in [1.54, 1.807) is 20.7 Å². The van der Waals surface area contributed by atoms with Crippen molar-refractivity contribution in [2.24, 2.45) is 0 Å². The summed E-state index contributed by atoms with van der Waals surface area (Å²) in [6.45, 7) is 30.1. The van der Waals surface area contributed by atoms with Gasteiger partial charge in [-0.2, -0.15) is 0 Å². The first-order valence-electron chi connectivity index (χ1n) is 11.1. The summed E-state index contributed by atoms with van der Waals surface area (Å²) in [5.74, 6) is 0. The fourth-order valence-electron chi connectivity index (χ4n) is 4.47. The molecule has 0 unspecified atom stereocenters. The van der Waals surface area contributed by atoms with Gasteiger partial charge in [-0.15, -0.1) is 40.1 Å². The molecule has 0 spiro atoms. The zero-order valence-electron chi connectivity index (χ0n) is 22.0. The van der Waals surface area contributed by atoms with Gasteiger partial charge in [-0.25, -0.2) is 0 Å². The van der Waals surface area contributed by atoms with Gasteiger partial charge >= 0.3 is 18.9 Å². The van der Waals surface area contributed by atoms with Gasteiger partial charge in [0, 0.05) is 16.1 Å². The molecule has 0 bridgehead atoms. The van der Waals surface area contributed by atoms with E-state index >= 15 is 0 Å². The van der Waals surface area contributed by atoms with Crippen LogP contribution in [-0.2, 0) is 0 Å². The average Bonchev–Trinajstić information content (AvgIpc) is 2.50. The Morgan fingerprint density at radius 2 is 0.767 bits per heavy atom. The quantitative estimate of drug-likeness (QED) is 0.457. The van der Waals surface area contributed by atoms with Crippen LogP contribution in [-0.4, -0.2) is 32.3 Å². The first kappa shape index (κ1) is 27.8. The standard InChI is InChI=1S/C25H43Si4.Li/c1-26(2,3)22-17-13-15-20(24(22)28(7,8)9)19-21-16-14-18-23(27(4,5)6)25(21)29(10,11)12;/h13-19H,1-12H3;/q-1;+1. The number of hydrogen-bond acceptors (Lipinski definition) is 0. The van der Waals surface area contributed by atoms with Crippen molar-refractivity contribution in [3.8, 4) is 0 Å². The average molecular weight is 463 g/mol. The molecule has 0 amide bonds. The maximum atomic E-state index is 2.55. The Labute approximate surface area is 203 Å². The van der Waals surface area contributed by atoms with Crippen molar-refractivity contribution in [3.63, 3.8) is 0 Å². The molecule has 0 aliphatic rings. The molecule has 0 aliphatic heterocycles. The first-order chi connectivity index (χ1) is 12.9. The van der Waals surface area contributed by atoms with Gasteiger partial charge in [-0.1, -0.05) is 113 Å². The Kier molecular flexibility index (Phi) is 8.65. The largest absolute Gasteiger partial charge is 1.00 e. The minimum atomic E-state index is -1.48. The molecule has 0 heterocycles. The van der Waals surface area contributed by atoms with Crippen molar-refractivity contribution in [2.75, 3.05) is 0 Å². The van der Waals surface area contributed by atoms with Gasteiger partial charge in [-0.3, -0.25) is 0 Å². The summed E-state index contributed by atoms with van der Waals surface area (Å²) >= 11 is 0. The molecule has 0 saturated heterocycles. The third-order valence-electron chi connectivity index (χ3n) is 5.62. The van der Waals surface area contributed by atoms with E-state index in [1.807, 2.05) is 0 Å². The molecule has 0 aliphatic carbocycles. The summed E-state index contributed by atoms with van der Waals surface area (Å²) < 4.78 is 0. The van der Waals surface area contributed by atoms with Crippen molar-refractivity contribution in [2.45, 2.75) is 78.6 Å². The van der Waals surface area contributed by atoms with Crippen molar-refractivity contribution < 1.29 is 18.9 Å². The minimum absolute atomic E-state index is 0. The summed E-state index contributed by atoms with van der Waals surface area (Å²) in [7, 11) is -5.75. The van der Waals surface area contributed by atoms with E-state index in [9.17, 15) is 0 Å². The van der Waals surface area contributed by atoms with Crippen LogP contribution in [0.3, 0.4) is 0 Å². The molecular weight excluding hydrogens is 420 g/mol. The molecule has 0 nitrogen and oxygen atoms in total. The molecule has 0 atom stereocenters. The second kappa shape index (κ2) is 9.33. The molecule has 5 heteroatoms. The van der Waals surface area contributed by atoms with Gasteiger partial charge in [0.2, 0.25) is 0 Å². The Morgan fingerprint density at radius 1 is 0.467 bits per heavy atom. The number of hydrogen-bond donors (Lipinski definition) is 0. The summed E-state index contributed by atoms with van der Waals surface area (Å²) in [6, 6.07) is 14.2. The van der Waals surface area contributed by atoms with Crippen LogP contribution in [0.1, 0.15) is 11.1 Å². The predicted molar refractivity (Wildman–Crippen MR) is 147 cm³/mol. The SMILES string of the molecule is C[Si](C)(C)c1cccc([CH-]c2cccc([Si](C)(C)C)c2[Si](C)(C)C)c1[Si](C)(C)C.[Li+]. The van der Waals surface area contributed by atoms with Crippen LogP contribution in [0.15, 0.2) is 36.4 Å². The fraction of sp³-hybridized carbons (Fsp3) is 0.480. The second-order valence-corrected chi connectivity index (χ2v) is 32.8. The van der Waals surface area contributed by atoms with E-state index in [0.29, 0.717) is 0 Å². The zero-order chi connectivity index (χ0) is 22.4. The monoisotopic (exact) mass is 462 g/mol. The number of benzene rings is 2.